The Balaban J connectivity index is 1.82. The summed E-state index contributed by atoms with van der Waals surface area (Å²) in [6, 6.07) is 0. The zero-order valence-corrected chi connectivity index (χ0v) is 12.0. The van der Waals surface area contributed by atoms with Gasteiger partial charge in [-0.3, -0.25) is 0 Å². The van der Waals surface area contributed by atoms with Crippen LogP contribution in [0.15, 0.2) is 11.6 Å². The van der Waals surface area contributed by atoms with Crippen LogP contribution >= 0.6 is 11.3 Å². The number of thiazole rings is 1. The lowest BCUT2D eigenvalue weighted by atomic mass is 9.97. The fourth-order valence-corrected chi connectivity index (χ4v) is 2.70. The van der Waals surface area contributed by atoms with Crippen molar-refractivity contribution in [3.63, 3.8) is 0 Å². The van der Waals surface area contributed by atoms with Gasteiger partial charge >= 0.3 is 5.97 Å². The van der Waals surface area contributed by atoms with Gasteiger partial charge in [0.05, 0.1) is 10.4 Å². The fourth-order valence-electron chi connectivity index (χ4n) is 1.88. The first kappa shape index (κ1) is 13.5. The van der Waals surface area contributed by atoms with Crippen molar-refractivity contribution in [2.45, 2.75) is 39.5 Å². The van der Waals surface area contributed by atoms with E-state index in [1.165, 1.54) is 5.01 Å². The van der Waals surface area contributed by atoms with Gasteiger partial charge in [-0.05, 0) is 33.6 Å². The molecule has 0 amide bonds. The largest absolute Gasteiger partial charge is 0.367 e. The molecule has 0 bridgehead atoms. The molecule has 1 aliphatic heterocycles. The predicted molar refractivity (Wildman–Crippen MR) is 71.2 cm³/mol. The molecular formula is C13H20N2O2S. The van der Waals surface area contributed by atoms with Crippen molar-refractivity contribution in [3.8, 4) is 0 Å². The van der Waals surface area contributed by atoms with Crippen LogP contribution in [0.4, 0.5) is 0 Å². The third kappa shape index (κ3) is 3.29. The van der Waals surface area contributed by atoms with Gasteiger partial charge in [0, 0.05) is 30.6 Å². The topological polar surface area (TPSA) is 42.4 Å². The van der Waals surface area contributed by atoms with Crippen molar-refractivity contribution in [2.24, 2.45) is 5.41 Å². The van der Waals surface area contributed by atoms with Gasteiger partial charge in [-0.25, -0.2) is 9.78 Å². The molecule has 2 heterocycles. The highest BCUT2D eigenvalue weighted by atomic mass is 32.1. The summed E-state index contributed by atoms with van der Waals surface area (Å²) in [5.41, 5.74) is -0.438. The second-order valence-corrected chi connectivity index (χ2v) is 6.63. The van der Waals surface area contributed by atoms with Crippen molar-refractivity contribution < 1.29 is 9.63 Å². The Morgan fingerprint density at radius 3 is 2.61 bits per heavy atom. The fraction of sp³-hybridized carbons (Fsp3) is 0.692. The zero-order chi connectivity index (χ0) is 13.2. The molecule has 0 atom stereocenters. The first-order chi connectivity index (χ1) is 8.47. The van der Waals surface area contributed by atoms with Gasteiger partial charge in [-0.1, -0.05) is 0 Å². The molecule has 100 valence electrons. The molecular weight excluding hydrogens is 248 g/mol. The molecule has 1 aromatic rings. The second kappa shape index (κ2) is 5.36. The molecule has 0 N–H and O–H groups in total. The van der Waals surface area contributed by atoms with Crippen molar-refractivity contribution in [3.05, 3.63) is 16.6 Å². The van der Waals surface area contributed by atoms with Crippen LogP contribution in [0.1, 0.15) is 44.5 Å². The lowest BCUT2D eigenvalue weighted by Gasteiger charge is -2.31. The normalized spacial score (nSPS) is 18.8. The molecule has 0 radical (unpaired) electrons. The molecule has 4 nitrogen and oxygen atoms in total. The minimum absolute atomic E-state index is 0.157. The third-order valence-electron chi connectivity index (χ3n) is 3.08. The van der Waals surface area contributed by atoms with Crippen molar-refractivity contribution in [2.75, 3.05) is 13.1 Å². The summed E-state index contributed by atoms with van der Waals surface area (Å²) >= 11 is 1.71. The lowest BCUT2D eigenvalue weighted by Crippen LogP contribution is -2.38. The Labute approximate surface area is 112 Å². The Morgan fingerprint density at radius 1 is 1.44 bits per heavy atom. The molecule has 18 heavy (non-hydrogen) atoms. The standard InChI is InChI=1S/C13H20N2O2S/c1-13(2,3)12(16)17-15-7-4-10(5-8-15)11-14-6-9-18-11/h6,9-10H,4-5,7-8H2,1-3H3. The lowest BCUT2D eigenvalue weighted by molar-refractivity contribution is -0.204. The van der Waals surface area contributed by atoms with Gasteiger partial charge in [0.25, 0.3) is 0 Å². The number of hydrogen-bond acceptors (Lipinski definition) is 5. The highest BCUT2D eigenvalue weighted by Gasteiger charge is 2.29. The van der Waals surface area contributed by atoms with Gasteiger partial charge in [-0.2, -0.15) is 0 Å². The molecule has 1 saturated heterocycles. The summed E-state index contributed by atoms with van der Waals surface area (Å²) in [5.74, 6) is 0.366. The molecule has 0 saturated carbocycles. The van der Waals surface area contributed by atoms with E-state index in [2.05, 4.69) is 4.98 Å². The summed E-state index contributed by atoms with van der Waals surface area (Å²) in [6.45, 7) is 7.21. The van der Waals surface area contributed by atoms with Crippen LogP contribution in [-0.2, 0) is 9.63 Å². The number of carbonyl (C=O) groups excluding carboxylic acids is 1. The van der Waals surface area contributed by atoms with E-state index in [0.717, 1.165) is 25.9 Å². The summed E-state index contributed by atoms with van der Waals surface area (Å²) in [7, 11) is 0. The van der Waals surface area contributed by atoms with Crippen LogP contribution in [-0.4, -0.2) is 29.1 Å². The second-order valence-electron chi connectivity index (χ2n) is 5.70. The minimum atomic E-state index is -0.438. The molecule has 0 unspecified atom stereocenters. The molecule has 1 fully saturated rings. The number of hydrogen-bond donors (Lipinski definition) is 0. The first-order valence-corrected chi connectivity index (χ1v) is 7.21. The van der Waals surface area contributed by atoms with E-state index in [9.17, 15) is 4.79 Å². The van der Waals surface area contributed by atoms with Crippen LogP contribution < -0.4 is 0 Å². The number of carbonyl (C=O) groups is 1. The summed E-state index contributed by atoms with van der Waals surface area (Å²) in [5, 5.41) is 5.01. The predicted octanol–water partition coefficient (Wildman–Crippen LogP) is 2.83. The van der Waals surface area contributed by atoms with Crippen LogP contribution in [0, 0.1) is 5.41 Å². The van der Waals surface area contributed by atoms with E-state index in [1.807, 2.05) is 32.3 Å². The van der Waals surface area contributed by atoms with Crippen molar-refractivity contribution >= 4 is 17.3 Å². The molecule has 0 aromatic carbocycles. The number of nitrogens with zero attached hydrogens (tertiary/aromatic N) is 2. The molecule has 0 aliphatic carbocycles. The average molecular weight is 268 g/mol. The highest BCUT2D eigenvalue weighted by Crippen LogP contribution is 2.29. The Kier molecular flexibility index (Phi) is 4.02. The van der Waals surface area contributed by atoms with Gasteiger partial charge in [-0.15, -0.1) is 16.4 Å². The van der Waals surface area contributed by atoms with Crippen LogP contribution in [0.2, 0.25) is 0 Å². The SMILES string of the molecule is CC(C)(C)C(=O)ON1CCC(c2nccs2)CC1. The third-order valence-corrected chi connectivity index (χ3v) is 4.02. The maximum atomic E-state index is 11.8. The van der Waals surface area contributed by atoms with E-state index < -0.39 is 5.41 Å². The van der Waals surface area contributed by atoms with E-state index in [1.54, 1.807) is 16.4 Å². The number of piperidine rings is 1. The monoisotopic (exact) mass is 268 g/mol. The Morgan fingerprint density at radius 2 is 2.11 bits per heavy atom. The Hall–Kier alpha value is -0.940. The van der Waals surface area contributed by atoms with E-state index in [4.69, 9.17) is 4.84 Å². The van der Waals surface area contributed by atoms with Crippen molar-refractivity contribution in [1.82, 2.24) is 10.0 Å². The number of aromatic nitrogens is 1. The van der Waals surface area contributed by atoms with E-state index >= 15 is 0 Å². The summed E-state index contributed by atoms with van der Waals surface area (Å²) in [4.78, 5) is 21.5. The van der Waals surface area contributed by atoms with Crippen LogP contribution in [0.3, 0.4) is 0 Å². The van der Waals surface area contributed by atoms with Crippen LogP contribution in [0.5, 0.6) is 0 Å². The number of rotatable bonds is 2. The van der Waals surface area contributed by atoms with Crippen molar-refractivity contribution in [1.29, 1.82) is 0 Å². The molecule has 2 rings (SSSR count). The first-order valence-electron chi connectivity index (χ1n) is 6.33. The average Bonchev–Trinajstić information content (AvgIpc) is 2.82. The molecule has 5 heteroatoms. The smallest absolute Gasteiger partial charge is 0.330 e. The highest BCUT2D eigenvalue weighted by molar-refractivity contribution is 7.09. The zero-order valence-electron chi connectivity index (χ0n) is 11.2. The van der Waals surface area contributed by atoms with E-state index in [0.29, 0.717) is 5.92 Å². The van der Waals surface area contributed by atoms with E-state index in [-0.39, 0.29) is 5.97 Å². The maximum absolute atomic E-state index is 11.8. The quantitative estimate of drug-likeness (QED) is 0.827. The van der Waals surface area contributed by atoms with Gasteiger partial charge < -0.3 is 4.84 Å². The van der Waals surface area contributed by atoms with Gasteiger partial charge in [0.2, 0.25) is 0 Å². The Bertz CT molecular complexity index is 390. The summed E-state index contributed by atoms with van der Waals surface area (Å²) < 4.78 is 0. The maximum Gasteiger partial charge on any atom is 0.330 e. The summed E-state index contributed by atoms with van der Waals surface area (Å²) in [6.07, 6.45) is 3.86. The van der Waals surface area contributed by atoms with Crippen LogP contribution in [0.25, 0.3) is 0 Å². The molecule has 1 aromatic heterocycles. The molecule has 1 aliphatic rings. The van der Waals surface area contributed by atoms with Gasteiger partial charge in [0.15, 0.2) is 0 Å². The van der Waals surface area contributed by atoms with Gasteiger partial charge in [0.1, 0.15) is 0 Å². The molecule has 0 spiro atoms. The number of hydroxylamine groups is 2. The minimum Gasteiger partial charge on any atom is -0.367 e.